The van der Waals surface area contributed by atoms with Gasteiger partial charge in [0.15, 0.2) is 0 Å². The Morgan fingerprint density at radius 1 is 1.05 bits per heavy atom. The number of hydrogen-bond donors (Lipinski definition) is 2. The van der Waals surface area contributed by atoms with Gasteiger partial charge in [0.05, 0.1) is 22.3 Å². The lowest BCUT2D eigenvalue weighted by Crippen LogP contribution is -2.22. The second-order valence-electron chi connectivity index (χ2n) is 4.36. The molecule has 0 atom stereocenters. The summed E-state index contributed by atoms with van der Waals surface area (Å²) in [6, 6.07) is 12.9. The van der Waals surface area contributed by atoms with Crippen LogP contribution in [0.5, 0.6) is 0 Å². The van der Waals surface area contributed by atoms with Crippen molar-refractivity contribution in [3.63, 3.8) is 0 Å². The van der Waals surface area contributed by atoms with Crippen molar-refractivity contribution in [3.05, 3.63) is 58.1 Å². The summed E-state index contributed by atoms with van der Waals surface area (Å²) in [5.41, 5.74) is 2.49. The summed E-state index contributed by atoms with van der Waals surface area (Å²) in [5.74, 6) is -0.208. The summed E-state index contributed by atoms with van der Waals surface area (Å²) in [5, 5.41) is 6.56. The maximum atomic E-state index is 11.9. The van der Waals surface area contributed by atoms with Gasteiger partial charge in [-0.05, 0) is 31.2 Å². The lowest BCUT2D eigenvalue weighted by Gasteiger charge is -2.10. The quantitative estimate of drug-likeness (QED) is 0.881. The van der Waals surface area contributed by atoms with Gasteiger partial charge in [-0.15, -0.1) is 0 Å². The topological polar surface area (TPSA) is 41.1 Å². The third kappa shape index (κ3) is 3.89. The van der Waals surface area contributed by atoms with Crippen LogP contribution in [-0.4, -0.2) is 12.5 Å². The molecule has 0 bridgehead atoms. The summed E-state index contributed by atoms with van der Waals surface area (Å²) in [4.78, 5) is 11.9. The summed E-state index contributed by atoms with van der Waals surface area (Å²) in [6.45, 7) is 2.15. The SMILES string of the molecule is Cc1ccc(NCC(=O)Nc2c(Cl)cccc2Cl)cc1. The number of halogens is 2. The van der Waals surface area contributed by atoms with Crippen molar-refractivity contribution in [2.75, 3.05) is 17.2 Å². The van der Waals surface area contributed by atoms with E-state index in [4.69, 9.17) is 23.2 Å². The number of aryl methyl sites for hydroxylation is 1. The molecule has 2 rings (SSSR count). The molecule has 0 aliphatic heterocycles. The van der Waals surface area contributed by atoms with Crippen molar-refractivity contribution in [2.45, 2.75) is 6.92 Å². The van der Waals surface area contributed by atoms with E-state index in [1.807, 2.05) is 31.2 Å². The van der Waals surface area contributed by atoms with E-state index in [2.05, 4.69) is 10.6 Å². The van der Waals surface area contributed by atoms with Gasteiger partial charge in [0.1, 0.15) is 0 Å². The number of nitrogens with one attached hydrogen (secondary N) is 2. The van der Waals surface area contributed by atoms with Crippen LogP contribution >= 0.6 is 23.2 Å². The minimum atomic E-state index is -0.208. The van der Waals surface area contributed by atoms with Crippen LogP contribution in [0, 0.1) is 6.92 Å². The lowest BCUT2D eigenvalue weighted by atomic mass is 10.2. The van der Waals surface area contributed by atoms with E-state index < -0.39 is 0 Å². The number of anilines is 2. The zero-order valence-electron chi connectivity index (χ0n) is 10.9. The zero-order chi connectivity index (χ0) is 14.5. The first-order valence-corrected chi connectivity index (χ1v) is 6.86. The third-order valence-electron chi connectivity index (χ3n) is 2.73. The summed E-state index contributed by atoms with van der Waals surface area (Å²) in [6.07, 6.45) is 0. The predicted molar refractivity (Wildman–Crippen MR) is 84.8 cm³/mol. The van der Waals surface area contributed by atoms with Gasteiger partial charge in [-0.2, -0.15) is 0 Å². The number of amides is 1. The minimum absolute atomic E-state index is 0.143. The molecule has 0 aliphatic rings. The summed E-state index contributed by atoms with van der Waals surface area (Å²) in [7, 11) is 0. The largest absolute Gasteiger partial charge is 0.376 e. The minimum Gasteiger partial charge on any atom is -0.376 e. The van der Waals surface area contributed by atoms with Gasteiger partial charge in [-0.25, -0.2) is 0 Å². The number of para-hydroxylation sites is 1. The summed E-state index contributed by atoms with van der Waals surface area (Å²) >= 11 is 12.0. The van der Waals surface area contributed by atoms with Crippen molar-refractivity contribution in [2.24, 2.45) is 0 Å². The second kappa shape index (κ2) is 6.64. The van der Waals surface area contributed by atoms with Crippen molar-refractivity contribution < 1.29 is 4.79 Å². The first kappa shape index (κ1) is 14.7. The van der Waals surface area contributed by atoms with Gasteiger partial charge in [0.25, 0.3) is 0 Å². The van der Waals surface area contributed by atoms with Gasteiger partial charge in [-0.3, -0.25) is 4.79 Å². The maximum Gasteiger partial charge on any atom is 0.243 e. The molecule has 20 heavy (non-hydrogen) atoms. The fourth-order valence-electron chi connectivity index (χ4n) is 1.65. The van der Waals surface area contributed by atoms with Gasteiger partial charge >= 0.3 is 0 Å². The molecule has 0 fully saturated rings. The Kier molecular flexibility index (Phi) is 4.88. The molecule has 104 valence electrons. The molecular formula is C15H14Cl2N2O. The van der Waals surface area contributed by atoms with Crippen molar-refractivity contribution in [1.82, 2.24) is 0 Å². The van der Waals surface area contributed by atoms with Crippen LogP contribution in [0.25, 0.3) is 0 Å². The molecule has 0 unspecified atom stereocenters. The monoisotopic (exact) mass is 308 g/mol. The van der Waals surface area contributed by atoms with Crippen molar-refractivity contribution in [3.8, 4) is 0 Å². The van der Waals surface area contributed by atoms with E-state index in [1.54, 1.807) is 18.2 Å². The number of benzene rings is 2. The first-order chi connectivity index (χ1) is 9.56. The Morgan fingerprint density at radius 2 is 1.65 bits per heavy atom. The fraction of sp³-hybridized carbons (Fsp3) is 0.133. The standard InChI is InChI=1S/C15H14Cl2N2O/c1-10-5-7-11(8-6-10)18-9-14(20)19-15-12(16)3-2-4-13(15)17/h2-8,18H,9H2,1H3,(H,19,20). The molecule has 0 aliphatic carbocycles. The Morgan fingerprint density at radius 3 is 2.25 bits per heavy atom. The van der Waals surface area contributed by atoms with Crippen molar-refractivity contribution in [1.29, 1.82) is 0 Å². The van der Waals surface area contributed by atoms with Gasteiger partial charge in [0.2, 0.25) is 5.91 Å². The average Bonchev–Trinajstić information content (AvgIpc) is 2.42. The zero-order valence-corrected chi connectivity index (χ0v) is 12.4. The molecular weight excluding hydrogens is 295 g/mol. The molecule has 0 saturated heterocycles. The maximum absolute atomic E-state index is 11.9. The average molecular weight is 309 g/mol. The molecule has 0 radical (unpaired) electrons. The molecule has 1 amide bonds. The Bertz CT molecular complexity index is 592. The van der Waals surface area contributed by atoms with Crippen LogP contribution in [0.15, 0.2) is 42.5 Å². The molecule has 0 spiro atoms. The number of rotatable bonds is 4. The van der Waals surface area contributed by atoms with E-state index in [0.29, 0.717) is 15.7 Å². The van der Waals surface area contributed by atoms with Gasteiger partial charge in [0, 0.05) is 5.69 Å². The molecule has 2 aromatic carbocycles. The molecule has 2 N–H and O–H groups in total. The predicted octanol–water partition coefficient (Wildman–Crippen LogP) is 4.35. The van der Waals surface area contributed by atoms with E-state index in [9.17, 15) is 4.79 Å². The van der Waals surface area contributed by atoms with Crippen LogP contribution in [0.2, 0.25) is 10.0 Å². The molecule has 5 heteroatoms. The smallest absolute Gasteiger partial charge is 0.243 e. The molecule has 0 saturated carbocycles. The third-order valence-corrected chi connectivity index (χ3v) is 3.36. The number of hydrogen-bond acceptors (Lipinski definition) is 2. The second-order valence-corrected chi connectivity index (χ2v) is 5.18. The van der Waals surface area contributed by atoms with Gasteiger partial charge in [-0.1, -0.05) is 47.0 Å². The highest BCUT2D eigenvalue weighted by molar-refractivity contribution is 6.39. The lowest BCUT2D eigenvalue weighted by molar-refractivity contribution is -0.114. The normalized spacial score (nSPS) is 10.2. The molecule has 3 nitrogen and oxygen atoms in total. The Labute approximate surface area is 127 Å². The number of carbonyl (C=O) groups is 1. The van der Waals surface area contributed by atoms with Crippen LogP contribution in [-0.2, 0) is 4.79 Å². The van der Waals surface area contributed by atoms with E-state index in [0.717, 1.165) is 5.69 Å². The molecule has 2 aromatic rings. The van der Waals surface area contributed by atoms with Crippen LogP contribution < -0.4 is 10.6 Å². The van der Waals surface area contributed by atoms with Crippen LogP contribution in [0.4, 0.5) is 11.4 Å². The highest BCUT2D eigenvalue weighted by atomic mass is 35.5. The van der Waals surface area contributed by atoms with E-state index in [-0.39, 0.29) is 12.5 Å². The van der Waals surface area contributed by atoms with Crippen molar-refractivity contribution >= 4 is 40.5 Å². The van der Waals surface area contributed by atoms with Gasteiger partial charge < -0.3 is 10.6 Å². The molecule has 0 heterocycles. The van der Waals surface area contributed by atoms with Crippen LogP contribution in [0.3, 0.4) is 0 Å². The highest BCUT2D eigenvalue weighted by Gasteiger charge is 2.09. The first-order valence-electron chi connectivity index (χ1n) is 6.10. The number of carbonyl (C=O) groups excluding carboxylic acids is 1. The Balaban J connectivity index is 1.94. The van der Waals surface area contributed by atoms with E-state index >= 15 is 0 Å². The molecule has 0 aromatic heterocycles. The summed E-state index contributed by atoms with van der Waals surface area (Å²) < 4.78 is 0. The van der Waals surface area contributed by atoms with Crippen LogP contribution in [0.1, 0.15) is 5.56 Å². The fourth-order valence-corrected chi connectivity index (χ4v) is 2.15. The van der Waals surface area contributed by atoms with E-state index in [1.165, 1.54) is 5.56 Å². The Hall–Kier alpha value is -1.71. The highest BCUT2D eigenvalue weighted by Crippen LogP contribution is 2.29.